The van der Waals surface area contributed by atoms with Crippen LogP contribution in [0.15, 0.2) is 24.3 Å². The van der Waals surface area contributed by atoms with Gasteiger partial charge in [-0.1, -0.05) is 0 Å². The van der Waals surface area contributed by atoms with Gasteiger partial charge in [-0.05, 0) is 70.7 Å². The third-order valence-corrected chi connectivity index (χ3v) is 3.44. The molecule has 0 atom stereocenters. The molecule has 0 aromatic heterocycles. The molecule has 1 aromatic carbocycles. The van der Waals surface area contributed by atoms with E-state index in [0.717, 1.165) is 31.4 Å². The first-order chi connectivity index (χ1) is 9.83. The molecule has 0 bridgehead atoms. The summed E-state index contributed by atoms with van der Waals surface area (Å²) < 4.78 is 11.2. The van der Waals surface area contributed by atoms with E-state index in [2.05, 4.69) is 0 Å². The molecular formula is C17H24O4. The first-order valence-corrected chi connectivity index (χ1v) is 7.51. The third-order valence-electron chi connectivity index (χ3n) is 3.44. The average molecular weight is 292 g/mol. The highest BCUT2D eigenvalue weighted by atomic mass is 16.6. The molecular weight excluding hydrogens is 268 g/mol. The van der Waals surface area contributed by atoms with Crippen LogP contribution in [0.1, 0.15) is 56.8 Å². The van der Waals surface area contributed by atoms with Crippen molar-refractivity contribution in [1.82, 2.24) is 0 Å². The monoisotopic (exact) mass is 292 g/mol. The molecule has 21 heavy (non-hydrogen) atoms. The lowest BCUT2D eigenvalue weighted by Gasteiger charge is -2.26. The Morgan fingerprint density at radius 3 is 2.19 bits per heavy atom. The van der Waals surface area contributed by atoms with Gasteiger partial charge in [0, 0.05) is 0 Å². The number of carbonyl (C=O) groups is 1. The SMILES string of the molecule is CC(C)(C)OC(=O)c1ccc(O[C@H]2CC[C@@H](O)CC2)cc1. The highest BCUT2D eigenvalue weighted by Gasteiger charge is 2.21. The Hall–Kier alpha value is -1.55. The Bertz CT molecular complexity index is 465. The first kappa shape index (κ1) is 15.8. The number of rotatable bonds is 3. The van der Waals surface area contributed by atoms with Crippen LogP contribution in [0.4, 0.5) is 0 Å². The molecule has 0 unspecified atom stereocenters. The van der Waals surface area contributed by atoms with Gasteiger partial charge in [-0.2, -0.15) is 0 Å². The number of hydrogen-bond acceptors (Lipinski definition) is 4. The molecule has 0 amide bonds. The molecule has 2 rings (SSSR count). The zero-order chi connectivity index (χ0) is 15.5. The lowest BCUT2D eigenvalue weighted by Crippen LogP contribution is -2.26. The molecule has 0 heterocycles. The number of esters is 1. The van der Waals surface area contributed by atoms with Gasteiger partial charge in [-0.25, -0.2) is 4.79 Å². The van der Waals surface area contributed by atoms with E-state index < -0.39 is 5.60 Å². The average Bonchev–Trinajstić information content (AvgIpc) is 2.40. The number of hydrogen-bond donors (Lipinski definition) is 1. The van der Waals surface area contributed by atoms with Gasteiger partial charge in [-0.3, -0.25) is 0 Å². The fraction of sp³-hybridized carbons (Fsp3) is 0.588. The van der Waals surface area contributed by atoms with Crippen molar-refractivity contribution >= 4 is 5.97 Å². The van der Waals surface area contributed by atoms with Crippen LogP contribution in [0, 0.1) is 0 Å². The van der Waals surface area contributed by atoms with E-state index in [1.54, 1.807) is 24.3 Å². The van der Waals surface area contributed by atoms with E-state index in [9.17, 15) is 9.90 Å². The maximum absolute atomic E-state index is 11.9. The van der Waals surface area contributed by atoms with E-state index in [-0.39, 0.29) is 18.2 Å². The van der Waals surface area contributed by atoms with Crippen molar-refractivity contribution in [2.75, 3.05) is 0 Å². The summed E-state index contributed by atoms with van der Waals surface area (Å²) in [4.78, 5) is 11.9. The Morgan fingerprint density at radius 1 is 1.10 bits per heavy atom. The largest absolute Gasteiger partial charge is 0.490 e. The summed E-state index contributed by atoms with van der Waals surface area (Å²) in [7, 11) is 0. The number of ether oxygens (including phenoxy) is 2. The van der Waals surface area contributed by atoms with Crippen LogP contribution in [0.5, 0.6) is 5.75 Å². The topological polar surface area (TPSA) is 55.8 Å². The van der Waals surface area contributed by atoms with Crippen LogP contribution in [-0.2, 0) is 4.74 Å². The molecule has 1 N–H and O–H groups in total. The van der Waals surface area contributed by atoms with Crippen LogP contribution in [-0.4, -0.2) is 28.9 Å². The number of benzene rings is 1. The molecule has 4 heteroatoms. The maximum Gasteiger partial charge on any atom is 0.338 e. The van der Waals surface area contributed by atoms with Gasteiger partial charge < -0.3 is 14.6 Å². The zero-order valence-electron chi connectivity index (χ0n) is 13.0. The molecule has 0 aliphatic heterocycles. The zero-order valence-corrected chi connectivity index (χ0v) is 13.0. The predicted octanol–water partition coefficient (Wildman–Crippen LogP) is 3.32. The van der Waals surface area contributed by atoms with Crippen molar-refractivity contribution in [3.63, 3.8) is 0 Å². The predicted molar refractivity (Wildman–Crippen MR) is 80.5 cm³/mol. The van der Waals surface area contributed by atoms with Gasteiger partial charge in [-0.15, -0.1) is 0 Å². The van der Waals surface area contributed by atoms with Gasteiger partial charge >= 0.3 is 5.97 Å². The van der Waals surface area contributed by atoms with Crippen LogP contribution < -0.4 is 4.74 Å². The second kappa shape index (κ2) is 6.48. The molecule has 0 spiro atoms. The second-order valence-corrected chi connectivity index (χ2v) is 6.57. The third kappa shape index (κ3) is 5.05. The van der Waals surface area contributed by atoms with Crippen molar-refractivity contribution in [1.29, 1.82) is 0 Å². The van der Waals surface area contributed by atoms with Crippen LogP contribution in [0.2, 0.25) is 0 Å². The van der Waals surface area contributed by atoms with Crippen molar-refractivity contribution in [3.05, 3.63) is 29.8 Å². The molecule has 1 saturated carbocycles. The summed E-state index contributed by atoms with van der Waals surface area (Å²) in [6.45, 7) is 5.54. The number of carbonyl (C=O) groups excluding carboxylic acids is 1. The molecule has 116 valence electrons. The van der Waals surface area contributed by atoms with Crippen LogP contribution >= 0.6 is 0 Å². The minimum Gasteiger partial charge on any atom is -0.490 e. The fourth-order valence-electron chi connectivity index (χ4n) is 2.36. The van der Waals surface area contributed by atoms with Gasteiger partial charge in [0.15, 0.2) is 0 Å². The maximum atomic E-state index is 11.9. The summed E-state index contributed by atoms with van der Waals surface area (Å²) in [5, 5.41) is 9.48. The van der Waals surface area contributed by atoms with E-state index in [1.807, 2.05) is 20.8 Å². The minimum atomic E-state index is -0.491. The minimum absolute atomic E-state index is 0.153. The quantitative estimate of drug-likeness (QED) is 0.868. The van der Waals surface area contributed by atoms with Crippen LogP contribution in [0.3, 0.4) is 0 Å². The van der Waals surface area contributed by atoms with E-state index in [0.29, 0.717) is 5.56 Å². The highest BCUT2D eigenvalue weighted by molar-refractivity contribution is 5.89. The van der Waals surface area contributed by atoms with Crippen molar-refractivity contribution in [3.8, 4) is 5.75 Å². The van der Waals surface area contributed by atoms with Gasteiger partial charge in [0.25, 0.3) is 0 Å². The summed E-state index contributed by atoms with van der Waals surface area (Å²) in [6, 6.07) is 7.04. The molecule has 1 fully saturated rings. The summed E-state index contributed by atoms with van der Waals surface area (Å²) in [6.07, 6.45) is 3.30. The standard InChI is InChI=1S/C17H24O4/c1-17(2,3)21-16(19)12-4-8-14(9-5-12)20-15-10-6-13(18)7-11-15/h4-5,8-9,13,15,18H,6-7,10-11H2,1-3H3/t13-,15+. The Morgan fingerprint density at radius 2 is 1.67 bits per heavy atom. The first-order valence-electron chi connectivity index (χ1n) is 7.51. The fourth-order valence-corrected chi connectivity index (χ4v) is 2.36. The number of aliphatic hydroxyl groups excluding tert-OH is 1. The summed E-state index contributed by atoms with van der Waals surface area (Å²) >= 11 is 0. The summed E-state index contributed by atoms with van der Waals surface area (Å²) in [5.74, 6) is 0.429. The van der Waals surface area contributed by atoms with E-state index >= 15 is 0 Å². The van der Waals surface area contributed by atoms with Crippen molar-refractivity contribution < 1.29 is 19.4 Å². The summed E-state index contributed by atoms with van der Waals surface area (Å²) in [5.41, 5.74) is 0.0335. The Labute approximate surface area is 126 Å². The Balaban J connectivity index is 1.91. The highest BCUT2D eigenvalue weighted by Crippen LogP contribution is 2.24. The van der Waals surface area contributed by atoms with Crippen molar-refractivity contribution in [2.24, 2.45) is 0 Å². The van der Waals surface area contributed by atoms with Crippen molar-refractivity contribution in [2.45, 2.75) is 64.3 Å². The normalized spacial score (nSPS) is 22.7. The number of aliphatic hydroxyl groups is 1. The second-order valence-electron chi connectivity index (χ2n) is 6.57. The molecule has 1 aromatic rings. The lowest BCUT2D eigenvalue weighted by molar-refractivity contribution is 0.00694. The van der Waals surface area contributed by atoms with E-state index in [4.69, 9.17) is 9.47 Å². The van der Waals surface area contributed by atoms with Gasteiger partial charge in [0.05, 0.1) is 17.8 Å². The lowest BCUT2D eigenvalue weighted by atomic mass is 9.95. The molecule has 1 aliphatic carbocycles. The molecule has 0 saturated heterocycles. The van der Waals surface area contributed by atoms with Gasteiger partial charge in [0.2, 0.25) is 0 Å². The van der Waals surface area contributed by atoms with Gasteiger partial charge in [0.1, 0.15) is 11.4 Å². The van der Waals surface area contributed by atoms with E-state index in [1.165, 1.54) is 0 Å². The smallest absolute Gasteiger partial charge is 0.338 e. The molecule has 1 aliphatic rings. The Kier molecular flexibility index (Phi) is 4.88. The molecule has 4 nitrogen and oxygen atoms in total. The molecule has 0 radical (unpaired) electrons. The van der Waals surface area contributed by atoms with Crippen LogP contribution in [0.25, 0.3) is 0 Å².